The Bertz CT molecular complexity index is 398. The molecule has 1 aromatic rings. The summed E-state index contributed by atoms with van der Waals surface area (Å²) in [4.78, 5) is 22.9. The van der Waals surface area contributed by atoms with Crippen molar-refractivity contribution in [2.24, 2.45) is 5.73 Å². The summed E-state index contributed by atoms with van der Waals surface area (Å²) in [5.41, 5.74) is 6.46. The molecule has 0 aliphatic carbocycles. The van der Waals surface area contributed by atoms with Crippen LogP contribution >= 0.6 is 12.4 Å². The van der Waals surface area contributed by atoms with Gasteiger partial charge in [-0.2, -0.15) is 0 Å². The summed E-state index contributed by atoms with van der Waals surface area (Å²) in [7, 11) is 1.27. The zero-order chi connectivity index (χ0) is 12.8. The van der Waals surface area contributed by atoms with Crippen LogP contribution in [0.1, 0.15) is 18.5 Å². The SMILES string of the molecule is COC(=O)C(C)NC(=O)C(N)c1ccccc1.Cl. The van der Waals surface area contributed by atoms with Crippen LogP contribution in [0, 0.1) is 0 Å². The van der Waals surface area contributed by atoms with Gasteiger partial charge in [0.1, 0.15) is 12.1 Å². The van der Waals surface area contributed by atoms with Gasteiger partial charge in [0, 0.05) is 0 Å². The molecule has 2 atom stereocenters. The van der Waals surface area contributed by atoms with Crippen LogP contribution in [0.15, 0.2) is 30.3 Å². The van der Waals surface area contributed by atoms with Crippen molar-refractivity contribution < 1.29 is 14.3 Å². The van der Waals surface area contributed by atoms with Gasteiger partial charge in [0.15, 0.2) is 0 Å². The second-order valence-electron chi connectivity index (χ2n) is 3.64. The lowest BCUT2D eigenvalue weighted by molar-refractivity contribution is -0.144. The predicted octanol–water partition coefficient (Wildman–Crippen LogP) is 0.786. The third-order valence-corrected chi connectivity index (χ3v) is 2.35. The number of hydrogen-bond acceptors (Lipinski definition) is 4. The first-order chi connectivity index (χ1) is 8.06. The van der Waals surface area contributed by atoms with Crippen LogP contribution in [-0.4, -0.2) is 25.0 Å². The number of amides is 1. The minimum absolute atomic E-state index is 0. The topological polar surface area (TPSA) is 81.4 Å². The molecular formula is C12H17ClN2O3. The number of ether oxygens (including phenoxy) is 1. The van der Waals surface area contributed by atoms with Crippen LogP contribution in [0.4, 0.5) is 0 Å². The van der Waals surface area contributed by atoms with Crippen LogP contribution in [-0.2, 0) is 14.3 Å². The lowest BCUT2D eigenvalue weighted by Gasteiger charge is -2.16. The van der Waals surface area contributed by atoms with Gasteiger partial charge in [-0.3, -0.25) is 4.79 Å². The highest BCUT2D eigenvalue weighted by atomic mass is 35.5. The molecule has 0 saturated heterocycles. The molecule has 1 amide bonds. The Labute approximate surface area is 112 Å². The number of nitrogens with two attached hydrogens (primary N) is 1. The molecule has 0 bridgehead atoms. The number of hydrogen-bond donors (Lipinski definition) is 2. The zero-order valence-electron chi connectivity index (χ0n) is 10.3. The Balaban J connectivity index is 0.00000289. The maximum absolute atomic E-state index is 11.7. The van der Waals surface area contributed by atoms with Gasteiger partial charge in [-0.25, -0.2) is 4.79 Å². The van der Waals surface area contributed by atoms with Gasteiger partial charge in [0.25, 0.3) is 0 Å². The van der Waals surface area contributed by atoms with E-state index in [0.29, 0.717) is 5.56 Å². The van der Waals surface area contributed by atoms with Crippen molar-refractivity contribution in [3.8, 4) is 0 Å². The fraction of sp³-hybridized carbons (Fsp3) is 0.333. The van der Waals surface area contributed by atoms with E-state index in [1.54, 1.807) is 31.2 Å². The van der Waals surface area contributed by atoms with Crippen LogP contribution < -0.4 is 11.1 Å². The van der Waals surface area contributed by atoms with E-state index >= 15 is 0 Å². The molecule has 0 fully saturated rings. The molecule has 0 radical (unpaired) electrons. The maximum atomic E-state index is 11.7. The lowest BCUT2D eigenvalue weighted by atomic mass is 10.1. The summed E-state index contributed by atoms with van der Waals surface area (Å²) in [6.45, 7) is 1.54. The Kier molecular flexibility index (Phi) is 7.00. The van der Waals surface area contributed by atoms with Crippen molar-refractivity contribution >= 4 is 24.3 Å². The minimum atomic E-state index is -0.789. The molecule has 0 aliphatic heterocycles. The fourth-order valence-corrected chi connectivity index (χ4v) is 1.35. The predicted molar refractivity (Wildman–Crippen MR) is 70.2 cm³/mol. The smallest absolute Gasteiger partial charge is 0.328 e. The van der Waals surface area contributed by atoms with E-state index in [2.05, 4.69) is 10.1 Å². The van der Waals surface area contributed by atoms with Crippen molar-refractivity contribution in [2.45, 2.75) is 19.0 Å². The molecule has 0 heterocycles. The third kappa shape index (κ3) is 4.35. The van der Waals surface area contributed by atoms with Gasteiger partial charge in [0.2, 0.25) is 5.91 Å². The summed E-state index contributed by atoms with van der Waals surface area (Å²) in [5.74, 6) is -0.910. The quantitative estimate of drug-likeness (QED) is 0.794. The lowest BCUT2D eigenvalue weighted by Crippen LogP contribution is -2.43. The first kappa shape index (κ1) is 16.4. The Morgan fingerprint density at radius 3 is 2.33 bits per heavy atom. The van der Waals surface area contributed by atoms with E-state index < -0.39 is 24.0 Å². The highest BCUT2D eigenvalue weighted by molar-refractivity contribution is 5.87. The van der Waals surface area contributed by atoms with Crippen molar-refractivity contribution in [1.82, 2.24) is 5.32 Å². The van der Waals surface area contributed by atoms with Gasteiger partial charge in [0.05, 0.1) is 7.11 Å². The molecule has 2 unspecified atom stereocenters. The van der Waals surface area contributed by atoms with E-state index in [4.69, 9.17) is 5.73 Å². The van der Waals surface area contributed by atoms with Gasteiger partial charge in [-0.1, -0.05) is 30.3 Å². The van der Waals surface area contributed by atoms with Crippen molar-refractivity contribution in [1.29, 1.82) is 0 Å². The Morgan fingerprint density at radius 2 is 1.83 bits per heavy atom. The molecule has 3 N–H and O–H groups in total. The van der Waals surface area contributed by atoms with Crippen LogP contribution in [0.5, 0.6) is 0 Å². The zero-order valence-corrected chi connectivity index (χ0v) is 11.1. The fourth-order valence-electron chi connectivity index (χ4n) is 1.35. The maximum Gasteiger partial charge on any atom is 0.328 e. The molecule has 100 valence electrons. The summed E-state index contributed by atoms with van der Waals surface area (Å²) >= 11 is 0. The monoisotopic (exact) mass is 272 g/mol. The molecule has 0 aliphatic rings. The Morgan fingerprint density at radius 1 is 1.28 bits per heavy atom. The second kappa shape index (κ2) is 7.68. The van der Waals surface area contributed by atoms with Gasteiger partial charge in [-0.05, 0) is 12.5 Å². The van der Waals surface area contributed by atoms with E-state index in [1.807, 2.05) is 6.07 Å². The van der Waals surface area contributed by atoms with E-state index in [-0.39, 0.29) is 12.4 Å². The highest BCUT2D eigenvalue weighted by Crippen LogP contribution is 2.09. The molecular weight excluding hydrogens is 256 g/mol. The number of nitrogens with one attached hydrogen (secondary N) is 1. The van der Waals surface area contributed by atoms with Crippen molar-refractivity contribution in [2.75, 3.05) is 7.11 Å². The molecule has 1 rings (SSSR count). The van der Waals surface area contributed by atoms with Crippen LogP contribution in [0.25, 0.3) is 0 Å². The summed E-state index contributed by atoms with van der Waals surface area (Å²) < 4.78 is 4.50. The van der Waals surface area contributed by atoms with Crippen LogP contribution in [0.2, 0.25) is 0 Å². The molecule has 0 saturated carbocycles. The first-order valence-electron chi connectivity index (χ1n) is 5.25. The summed E-state index contributed by atoms with van der Waals surface area (Å²) in [6, 6.07) is 7.45. The number of esters is 1. The number of benzene rings is 1. The standard InChI is InChI=1S/C12H16N2O3.ClH/c1-8(12(16)17-2)14-11(15)10(13)9-6-4-3-5-7-9;/h3-8,10H,13H2,1-2H3,(H,14,15);1H. The normalized spacial score (nSPS) is 12.8. The second-order valence-corrected chi connectivity index (χ2v) is 3.64. The van der Waals surface area contributed by atoms with Crippen molar-refractivity contribution in [3.63, 3.8) is 0 Å². The van der Waals surface area contributed by atoms with Gasteiger partial charge >= 0.3 is 5.97 Å². The number of methoxy groups -OCH3 is 1. The number of carbonyl (C=O) groups excluding carboxylic acids is 2. The van der Waals surface area contributed by atoms with E-state index in [1.165, 1.54) is 7.11 Å². The van der Waals surface area contributed by atoms with Crippen molar-refractivity contribution in [3.05, 3.63) is 35.9 Å². The van der Waals surface area contributed by atoms with Crippen LogP contribution in [0.3, 0.4) is 0 Å². The average molecular weight is 273 g/mol. The minimum Gasteiger partial charge on any atom is -0.467 e. The number of carbonyl (C=O) groups is 2. The Hall–Kier alpha value is -1.59. The largest absolute Gasteiger partial charge is 0.467 e. The number of halogens is 1. The third-order valence-electron chi connectivity index (χ3n) is 2.35. The molecule has 0 spiro atoms. The van der Waals surface area contributed by atoms with Gasteiger partial charge in [-0.15, -0.1) is 12.4 Å². The summed E-state index contributed by atoms with van der Waals surface area (Å²) in [5, 5.41) is 2.49. The molecule has 5 nitrogen and oxygen atoms in total. The van der Waals surface area contributed by atoms with E-state index in [9.17, 15) is 9.59 Å². The van der Waals surface area contributed by atoms with Gasteiger partial charge < -0.3 is 15.8 Å². The number of rotatable bonds is 4. The average Bonchev–Trinajstić information content (AvgIpc) is 2.37. The molecule has 1 aromatic carbocycles. The molecule has 6 heteroatoms. The molecule has 0 aromatic heterocycles. The highest BCUT2D eigenvalue weighted by Gasteiger charge is 2.21. The van der Waals surface area contributed by atoms with E-state index in [0.717, 1.165) is 0 Å². The molecule has 18 heavy (non-hydrogen) atoms. The first-order valence-corrected chi connectivity index (χ1v) is 5.25. The summed E-state index contributed by atoms with van der Waals surface area (Å²) in [6.07, 6.45) is 0.